The van der Waals surface area contributed by atoms with Crippen molar-refractivity contribution in [2.45, 2.75) is 26.2 Å². The van der Waals surface area contributed by atoms with E-state index in [1.165, 1.54) is 0 Å². The molecule has 0 spiro atoms. The third-order valence-electron chi connectivity index (χ3n) is 2.91. The average Bonchev–Trinajstić information content (AvgIpc) is 2.50. The van der Waals surface area contributed by atoms with Gasteiger partial charge in [0.1, 0.15) is 0 Å². The molecule has 0 atom stereocenters. The molecule has 7 heteroatoms. The molecule has 0 aliphatic carbocycles. The van der Waals surface area contributed by atoms with Crippen molar-refractivity contribution in [2.24, 2.45) is 0 Å². The Balaban J connectivity index is 2.25. The van der Waals surface area contributed by atoms with Crippen LogP contribution in [0.5, 0.6) is 17.2 Å². The molecule has 0 aromatic heterocycles. The lowest BCUT2D eigenvalue weighted by atomic mass is 10.2. The van der Waals surface area contributed by atoms with Gasteiger partial charge in [-0.05, 0) is 38.3 Å². The Labute approximate surface area is 133 Å². The molecular formula is C16H20O7. The van der Waals surface area contributed by atoms with Crippen molar-refractivity contribution in [3.8, 4) is 17.2 Å². The van der Waals surface area contributed by atoms with Crippen LogP contribution in [0.1, 0.15) is 36.5 Å². The number of hydrogen-bond acceptors (Lipinski definition) is 7. The van der Waals surface area contributed by atoms with Crippen molar-refractivity contribution in [3.05, 3.63) is 29.8 Å². The first-order valence-corrected chi connectivity index (χ1v) is 7.07. The van der Waals surface area contributed by atoms with E-state index in [0.29, 0.717) is 24.8 Å². The third-order valence-corrected chi connectivity index (χ3v) is 2.91. The number of esters is 2. The quantitative estimate of drug-likeness (QED) is 0.291. The fourth-order valence-electron chi connectivity index (χ4n) is 1.64. The van der Waals surface area contributed by atoms with E-state index >= 15 is 0 Å². The van der Waals surface area contributed by atoms with Crippen molar-refractivity contribution in [1.82, 2.24) is 0 Å². The van der Waals surface area contributed by atoms with E-state index < -0.39 is 29.2 Å². The molecule has 1 aromatic carbocycles. The lowest BCUT2D eigenvalue weighted by molar-refractivity contribution is -0.139. The highest BCUT2D eigenvalue weighted by molar-refractivity contribution is 5.91. The molecule has 0 saturated carbocycles. The van der Waals surface area contributed by atoms with Gasteiger partial charge >= 0.3 is 11.9 Å². The molecule has 7 nitrogen and oxygen atoms in total. The molecule has 0 radical (unpaired) electrons. The number of phenolic OH excluding ortho intramolecular Hbond substituents is 3. The second-order valence-corrected chi connectivity index (χ2v) is 4.98. The van der Waals surface area contributed by atoms with Crippen molar-refractivity contribution < 1.29 is 34.4 Å². The maximum atomic E-state index is 11.7. The van der Waals surface area contributed by atoms with E-state index in [1.54, 1.807) is 6.92 Å². The summed E-state index contributed by atoms with van der Waals surface area (Å²) in [7, 11) is 0. The van der Waals surface area contributed by atoms with Crippen LogP contribution in [-0.2, 0) is 14.3 Å². The highest BCUT2D eigenvalue weighted by atomic mass is 16.5. The number of carbonyl (C=O) groups is 2. The lowest BCUT2D eigenvalue weighted by Gasteiger charge is -2.07. The predicted molar refractivity (Wildman–Crippen MR) is 81.3 cm³/mol. The standard InChI is InChI=1S/C16H20O7/c1-10(2)15(20)22-6-4-3-5-7-23-16(21)11-8-12(17)14(19)13(18)9-11/h8-9,17-19H,1,3-7H2,2H3. The Hall–Kier alpha value is -2.70. The maximum Gasteiger partial charge on any atom is 0.338 e. The normalized spacial score (nSPS) is 10.1. The number of carbonyl (C=O) groups excluding carboxylic acids is 2. The van der Waals surface area contributed by atoms with Crippen LogP contribution in [-0.4, -0.2) is 40.5 Å². The van der Waals surface area contributed by atoms with Gasteiger partial charge in [0.15, 0.2) is 17.2 Å². The summed E-state index contributed by atoms with van der Waals surface area (Å²) in [5, 5.41) is 27.8. The highest BCUT2D eigenvalue weighted by Gasteiger charge is 2.14. The van der Waals surface area contributed by atoms with Gasteiger partial charge in [-0.1, -0.05) is 6.58 Å². The largest absolute Gasteiger partial charge is 0.504 e. The molecule has 23 heavy (non-hydrogen) atoms. The van der Waals surface area contributed by atoms with E-state index in [4.69, 9.17) is 9.47 Å². The van der Waals surface area contributed by atoms with E-state index in [1.807, 2.05) is 0 Å². The van der Waals surface area contributed by atoms with E-state index in [9.17, 15) is 24.9 Å². The monoisotopic (exact) mass is 324 g/mol. The number of phenols is 3. The Bertz CT molecular complexity index is 569. The first-order valence-electron chi connectivity index (χ1n) is 7.07. The molecular weight excluding hydrogens is 304 g/mol. The number of hydrogen-bond donors (Lipinski definition) is 3. The Kier molecular flexibility index (Phi) is 6.92. The summed E-state index contributed by atoms with van der Waals surface area (Å²) in [4.78, 5) is 22.8. The zero-order valence-electron chi connectivity index (χ0n) is 12.9. The van der Waals surface area contributed by atoms with Crippen molar-refractivity contribution in [3.63, 3.8) is 0 Å². The molecule has 0 fully saturated rings. The second-order valence-electron chi connectivity index (χ2n) is 4.98. The Morgan fingerprint density at radius 3 is 2.04 bits per heavy atom. The predicted octanol–water partition coefficient (Wildman–Crippen LogP) is 2.25. The van der Waals surface area contributed by atoms with Crippen LogP contribution < -0.4 is 0 Å². The SMILES string of the molecule is C=C(C)C(=O)OCCCCCOC(=O)c1cc(O)c(O)c(O)c1. The molecule has 126 valence electrons. The molecule has 0 bridgehead atoms. The lowest BCUT2D eigenvalue weighted by Crippen LogP contribution is -2.08. The van der Waals surface area contributed by atoms with Gasteiger partial charge in [0, 0.05) is 5.57 Å². The summed E-state index contributed by atoms with van der Waals surface area (Å²) < 4.78 is 9.89. The summed E-state index contributed by atoms with van der Waals surface area (Å²) in [5.74, 6) is -3.04. The van der Waals surface area contributed by atoms with Gasteiger partial charge in [0.25, 0.3) is 0 Å². The van der Waals surface area contributed by atoms with Crippen LogP contribution in [0.25, 0.3) is 0 Å². The first-order chi connectivity index (χ1) is 10.8. The molecule has 3 N–H and O–H groups in total. The summed E-state index contributed by atoms with van der Waals surface area (Å²) in [5.41, 5.74) is 0.285. The molecule has 0 heterocycles. The van der Waals surface area contributed by atoms with Crippen LogP contribution in [0.15, 0.2) is 24.3 Å². The summed E-state index contributed by atoms with van der Waals surface area (Å²) in [6, 6.07) is 2.02. The van der Waals surface area contributed by atoms with Gasteiger partial charge in [0.05, 0.1) is 18.8 Å². The molecule has 0 saturated heterocycles. The summed E-state index contributed by atoms with van der Waals surface area (Å²) in [6.07, 6.45) is 1.91. The molecule has 0 amide bonds. The Morgan fingerprint density at radius 2 is 1.52 bits per heavy atom. The van der Waals surface area contributed by atoms with Crippen molar-refractivity contribution in [2.75, 3.05) is 13.2 Å². The topological polar surface area (TPSA) is 113 Å². The van der Waals surface area contributed by atoms with Crippen LogP contribution in [0, 0.1) is 0 Å². The summed E-state index contributed by atoms with van der Waals surface area (Å²) >= 11 is 0. The smallest absolute Gasteiger partial charge is 0.338 e. The fraction of sp³-hybridized carbons (Fsp3) is 0.375. The molecule has 0 aliphatic rings. The number of unbranched alkanes of at least 4 members (excludes halogenated alkanes) is 2. The minimum atomic E-state index is -0.718. The van der Waals surface area contributed by atoms with Gasteiger partial charge < -0.3 is 24.8 Å². The molecule has 0 unspecified atom stereocenters. The van der Waals surface area contributed by atoms with Crippen LogP contribution in [0.2, 0.25) is 0 Å². The third kappa shape index (κ3) is 5.90. The minimum absolute atomic E-state index is 0.0619. The zero-order valence-corrected chi connectivity index (χ0v) is 12.9. The number of benzene rings is 1. The number of aromatic hydroxyl groups is 3. The van der Waals surface area contributed by atoms with Crippen LogP contribution >= 0.6 is 0 Å². The minimum Gasteiger partial charge on any atom is -0.504 e. The Morgan fingerprint density at radius 1 is 1.00 bits per heavy atom. The van der Waals surface area contributed by atoms with Gasteiger partial charge in [0.2, 0.25) is 0 Å². The number of ether oxygens (including phenoxy) is 2. The van der Waals surface area contributed by atoms with Gasteiger partial charge in [-0.3, -0.25) is 0 Å². The van der Waals surface area contributed by atoms with Crippen LogP contribution in [0.3, 0.4) is 0 Å². The van der Waals surface area contributed by atoms with Gasteiger partial charge in [-0.2, -0.15) is 0 Å². The zero-order chi connectivity index (χ0) is 17.4. The van der Waals surface area contributed by atoms with E-state index in [0.717, 1.165) is 12.1 Å². The second kappa shape index (κ2) is 8.67. The average molecular weight is 324 g/mol. The highest BCUT2D eigenvalue weighted by Crippen LogP contribution is 2.35. The van der Waals surface area contributed by atoms with E-state index in [2.05, 4.69) is 6.58 Å². The number of rotatable bonds is 8. The molecule has 1 rings (SSSR count). The van der Waals surface area contributed by atoms with Gasteiger partial charge in [-0.15, -0.1) is 0 Å². The maximum absolute atomic E-state index is 11.7. The molecule has 0 aliphatic heterocycles. The van der Waals surface area contributed by atoms with Crippen LogP contribution in [0.4, 0.5) is 0 Å². The molecule has 1 aromatic rings. The van der Waals surface area contributed by atoms with Crippen molar-refractivity contribution >= 4 is 11.9 Å². The van der Waals surface area contributed by atoms with Gasteiger partial charge in [-0.25, -0.2) is 9.59 Å². The first kappa shape index (κ1) is 18.3. The summed E-state index contributed by atoms with van der Waals surface area (Å²) in [6.45, 7) is 5.46. The van der Waals surface area contributed by atoms with Crippen molar-refractivity contribution in [1.29, 1.82) is 0 Å². The fourth-order valence-corrected chi connectivity index (χ4v) is 1.64. The van der Waals surface area contributed by atoms with E-state index in [-0.39, 0.29) is 18.8 Å².